The Balaban J connectivity index is 4.11. The van der Waals surface area contributed by atoms with Gasteiger partial charge in [0.15, 0.2) is 0 Å². The van der Waals surface area contributed by atoms with E-state index in [4.69, 9.17) is 0 Å². The first kappa shape index (κ1) is 14.4. The maximum atomic E-state index is 10.7. The number of carbonyl (C=O) groups is 1. The second kappa shape index (κ2) is 7.67. The van der Waals surface area contributed by atoms with Gasteiger partial charge in [0, 0.05) is 6.42 Å². The first-order valence-corrected chi connectivity index (χ1v) is 6.11. The van der Waals surface area contributed by atoms with Crippen LogP contribution in [0.2, 0.25) is 0 Å². The summed E-state index contributed by atoms with van der Waals surface area (Å²) in [4.78, 5) is 10.7. The zero-order chi connectivity index (χ0) is 11.7. The fraction of sp³-hybridized carbons (Fsp3) is 0.786. The summed E-state index contributed by atoms with van der Waals surface area (Å²) in [5, 5.41) is 0. The SMILES string of the molecule is CCCC[C@@](C)(CC=O)CCC=C(C)C. The molecule has 0 amide bonds. The van der Waals surface area contributed by atoms with Gasteiger partial charge in [-0.2, -0.15) is 0 Å². The highest BCUT2D eigenvalue weighted by molar-refractivity contribution is 5.50. The molecule has 15 heavy (non-hydrogen) atoms. The van der Waals surface area contributed by atoms with Crippen LogP contribution in [0.4, 0.5) is 0 Å². The van der Waals surface area contributed by atoms with Crippen LogP contribution >= 0.6 is 0 Å². The Morgan fingerprint density at radius 3 is 2.40 bits per heavy atom. The van der Waals surface area contributed by atoms with E-state index >= 15 is 0 Å². The van der Waals surface area contributed by atoms with Crippen molar-refractivity contribution in [2.45, 2.75) is 66.2 Å². The van der Waals surface area contributed by atoms with Gasteiger partial charge in [-0.05, 0) is 38.5 Å². The third kappa shape index (κ3) is 7.35. The molecule has 0 aliphatic heterocycles. The van der Waals surface area contributed by atoms with Crippen LogP contribution in [0.25, 0.3) is 0 Å². The van der Waals surface area contributed by atoms with Gasteiger partial charge < -0.3 is 4.79 Å². The van der Waals surface area contributed by atoms with Gasteiger partial charge in [-0.3, -0.25) is 0 Å². The van der Waals surface area contributed by atoms with E-state index in [1.165, 1.54) is 24.8 Å². The van der Waals surface area contributed by atoms with E-state index in [0.717, 1.165) is 19.1 Å². The Morgan fingerprint density at radius 2 is 1.93 bits per heavy atom. The van der Waals surface area contributed by atoms with Crippen molar-refractivity contribution in [2.24, 2.45) is 5.41 Å². The minimum Gasteiger partial charge on any atom is -0.303 e. The number of allylic oxidation sites excluding steroid dienone is 2. The van der Waals surface area contributed by atoms with E-state index in [0.29, 0.717) is 6.42 Å². The van der Waals surface area contributed by atoms with Crippen molar-refractivity contribution in [3.8, 4) is 0 Å². The largest absolute Gasteiger partial charge is 0.303 e. The third-order valence-corrected chi connectivity index (χ3v) is 3.01. The smallest absolute Gasteiger partial charge is 0.120 e. The molecule has 1 heteroatoms. The lowest BCUT2D eigenvalue weighted by Crippen LogP contribution is -2.16. The average Bonchev–Trinajstić information content (AvgIpc) is 2.15. The van der Waals surface area contributed by atoms with Crippen molar-refractivity contribution in [3.63, 3.8) is 0 Å². The van der Waals surface area contributed by atoms with Crippen LogP contribution in [-0.4, -0.2) is 6.29 Å². The van der Waals surface area contributed by atoms with Gasteiger partial charge >= 0.3 is 0 Å². The lowest BCUT2D eigenvalue weighted by molar-refractivity contribution is -0.109. The topological polar surface area (TPSA) is 17.1 Å². The number of hydrogen-bond acceptors (Lipinski definition) is 1. The van der Waals surface area contributed by atoms with Crippen LogP contribution in [-0.2, 0) is 4.79 Å². The second-order valence-corrected chi connectivity index (χ2v) is 5.11. The number of unbranched alkanes of at least 4 members (excludes halogenated alkanes) is 1. The molecular formula is C14H26O. The zero-order valence-corrected chi connectivity index (χ0v) is 10.8. The Bertz CT molecular complexity index is 201. The quantitative estimate of drug-likeness (QED) is 0.425. The summed E-state index contributed by atoms with van der Waals surface area (Å²) < 4.78 is 0. The van der Waals surface area contributed by atoms with E-state index < -0.39 is 0 Å². The van der Waals surface area contributed by atoms with Gasteiger partial charge in [-0.1, -0.05) is 38.3 Å². The summed E-state index contributed by atoms with van der Waals surface area (Å²) in [6, 6.07) is 0. The molecular weight excluding hydrogens is 184 g/mol. The molecule has 1 atom stereocenters. The number of aldehydes is 1. The lowest BCUT2D eigenvalue weighted by Gasteiger charge is -2.27. The van der Waals surface area contributed by atoms with Gasteiger partial charge in [0.05, 0.1) is 0 Å². The second-order valence-electron chi connectivity index (χ2n) is 5.11. The van der Waals surface area contributed by atoms with Crippen molar-refractivity contribution >= 4 is 6.29 Å². The van der Waals surface area contributed by atoms with Gasteiger partial charge in [0.25, 0.3) is 0 Å². The molecule has 0 aromatic heterocycles. The number of hydrogen-bond donors (Lipinski definition) is 0. The molecule has 0 saturated heterocycles. The monoisotopic (exact) mass is 210 g/mol. The fourth-order valence-corrected chi connectivity index (χ4v) is 1.84. The maximum Gasteiger partial charge on any atom is 0.120 e. The highest BCUT2D eigenvalue weighted by Crippen LogP contribution is 2.33. The van der Waals surface area contributed by atoms with Crippen LogP contribution < -0.4 is 0 Å². The Hall–Kier alpha value is -0.590. The standard InChI is InChI=1S/C14H26O/c1-5-6-9-14(4,11-12-15)10-7-8-13(2)3/h8,12H,5-7,9-11H2,1-4H3/t14-/m1/s1. The molecule has 0 rings (SSSR count). The number of carbonyl (C=O) groups excluding carboxylic acids is 1. The van der Waals surface area contributed by atoms with Crippen LogP contribution in [0.5, 0.6) is 0 Å². The molecule has 88 valence electrons. The molecule has 0 aliphatic rings. The number of rotatable bonds is 8. The van der Waals surface area contributed by atoms with Gasteiger partial charge in [-0.15, -0.1) is 0 Å². The van der Waals surface area contributed by atoms with E-state index in [2.05, 4.69) is 33.8 Å². The summed E-state index contributed by atoms with van der Waals surface area (Å²) in [7, 11) is 0. The minimum absolute atomic E-state index is 0.226. The van der Waals surface area contributed by atoms with Crippen LogP contribution in [0.15, 0.2) is 11.6 Å². The van der Waals surface area contributed by atoms with Crippen LogP contribution in [0.1, 0.15) is 66.2 Å². The van der Waals surface area contributed by atoms with E-state index in [9.17, 15) is 4.79 Å². The highest BCUT2D eigenvalue weighted by atomic mass is 16.1. The fourth-order valence-electron chi connectivity index (χ4n) is 1.84. The summed E-state index contributed by atoms with van der Waals surface area (Å²) in [6.45, 7) is 8.71. The molecule has 0 unspecified atom stereocenters. The molecule has 0 saturated carbocycles. The van der Waals surface area contributed by atoms with Crippen LogP contribution in [0, 0.1) is 5.41 Å². The van der Waals surface area contributed by atoms with Gasteiger partial charge in [0.2, 0.25) is 0 Å². The molecule has 0 fully saturated rings. The molecule has 1 nitrogen and oxygen atoms in total. The van der Waals surface area contributed by atoms with E-state index in [-0.39, 0.29) is 5.41 Å². The van der Waals surface area contributed by atoms with Crippen molar-refractivity contribution < 1.29 is 4.79 Å². The molecule has 0 bridgehead atoms. The van der Waals surface area contributed by atoms with E-state index in [1.54, 1.807) is 0 Å². The third-order valence-electron chi connectivity index (χ3n) is 3.01. The first-order chi connectivity index (χ1) is 7.04. The molecule has 0 aromatic rings. The van der Waals surface area contributed by atoms with Crippen LogP contribution in [0.3, 0.4) is 0 Å². The van der Waals surface area contributed by atoms with Crippen molar-refractivity contribution in [2.75, 3.05) is 0 Å². The predicted molar refractivity (Wildman–Crippen MR) is 67.0 cm³/mol. The molecule has 0 heterocycles. The summed E-state index contributed by atoms with van der Waals surface area (Å²) in [5.74, 6) is 0. The van der Waals surface area contributed by atoms with Crippen molar-refractivity contribution in [1.29, 1.82) is 0 Å². The molecule has 0 radical (unpaired) electrons. The summed E-state index contributed by atoms with van der Waals surface area (Å²) in [6.07, 6.45) is 9.94. The Labute approximate surface area is 95.0 Å². The summed E-state index contributed by atoms with van der Waals surface area (Å²) in [5.41, 5.74) is 1.60. The van der Waals surface area contributed by atoms with Crippen molar-refractivity contribution in [3.05, 3.63) is 11.6 Å². The normalized spacial score (nSPS) is 14.4. The maximum absolute atomic E-state index is 10.7. The average molecular weight is 210 g/mol. The summed E-state index contributed by atoms with van der Waals surface area (Å²) >= 11 is 0. The highest BCUT2D eigenvalue weighted by Gasteiger charge is 2.21. The minimum atomic E-state index is 0.226. The Kier molecular flexibility index (Phi) is 7.37. The van der Waals surface area contributed by atoms with Gasteiger partial charge in [-0.25, -0.2) is 0 Å². The Morgan fingerprint density at radius 1 is 1.27 bits per heavy atom. The van der Waals surface area contributed by atoms with Crippen molar-refractivity contribution in [1.82, 2.24) is 0 Å². The lowest BCUT2D eigenvalue weighted by atomic mass is 9.78. The molecule has 0 aliphatic carbocycles. The molecule has 0 spiro atoms. The van der Waals surface area contributed by atoms with Gasteiger partial charge in [0.1, 0.15) is 6.29 Å². The predicted octanol–water partition coefficient (Wildman–Crippen LogP) is 4.52. The molecule has 0 N–H and O–H groups in total. The van der Waals surface area contributed by atoms with E-state index in [1.807, 2.05) is 0 Å². The zero-order valence-electron chi connectivity index (χ0n) is 10.8. The molecule has 0 aromatic carbocycles. The first-order valence-electron chi connectivity index (χ1n) is 6.11.